The molecule has 0 aromatic carbocycles. The number of ether oxygens (including phenoxy) is 1. The Balaban J connectivity index is 2.57. The van der Waals surface area contributed by atoms with Crippen molar-refractivity contribution in [1.29, 1.82) is 0 Å². The molecule has 0 heterocycles. The maximum Gasteiger partial charge on any atom is 0.129 e. The van der Waals surface area contributed by atoms with Gasteiger partial charge in [0.1, 0.15) is 12.2 Å². The Labute approximate surface area is 93.6 Å². The molecule has 1 heteroatoms. The predicted molar refractivity (Wildman–Crippen MR) is 63.3 cm³/mol. The maximum atomic E-state index is 5.69. The minimum atomic E-state index is -0.378. The number of hydrogen-bond donors (Lipinski definition) is 0. The highest BCUT2D eigenvalue weighted by Crippen LogP contribution is 2.28. The van der Waals surface area contributed by atoms with Crippen molar-refractivity contribution in [3.8, 4) is 24.7 Å². The molecule has 1 saturated carbocycles. The van der Waals surface area contributed by atoms with Crippen LogP contribution in [0.15, 0.2) is 0 Å². The molecule has 0 amide bonds. The lowest BCUT2D eigenvalue weighted by Crippen LogP contribution is -2.31. The highest BCUT2D eigenvalue weighted by molar-refractivity contribution is 5.09. The molecule has 0 aromatic heterocycles. The molecule has 0 radical (unpaired) electrons. The van der Waals surface area contributed by atoms with Gasteiger partial charge in [-0.3, -0.25) is 0 Å². The fourth-order valence-electron chi connectivity index (χ4n) is 2.16. The second-order valence-corrected chi connectivity index (χ2v) is 4.25. The Morgan fingerprint density at radius 3 is 1.93 bits per heavy atom. The summed E-state index contributed by atoms with van der Waals surface area (Å²) in [5, 5.41) is 0. The zero-order valence-electron chi connectivity index (χ0n) is 9.43. The zero-order chi connectivity index (χ0) is 11.0. The van der Waals surface area contributed by atoms with Crippen molar-refractivity contribution in [3.63, 3.8) is 0 Å². The Hall–Kier alpha value is -0.920. The normalized spacial score (nSPS) is 21.5. The average Bonchev–Trinajstić information content (AvgIpc) is 2.39. The van der Waals surface area contributed by atoms with Gasteiger partial charge in [0.15, 0.2) is 0 Å². The van der Waals surface area contributed by atoms with Crippen molar-refractivity contribution >= 4 is 0 Å². The van der Waals surface area contributed by atoms with Crippen molar-refractivity contribution in [2.24, 2.45) is 0 Å². The third-order valence-electron chi connectivity index (χ3n) is 3.11. The van der Waals surface area contributed by atoms with Crippen LogP contribution in [0, 0.1) is 24.7 Å². The van der Waals surface area contributed by atoms with Gasteiger partial charge >= 0.3 is 0 Å². The Morgan fingerprint density at radius 2 is 1.47 bits per heavy atom. The van der Waals surface area contributed by atoms with Gasteiger partial charge in [-0.25, -0.2) is 0 Å². The summed E-state index contributed by atoms with van der Waals surface area (Å²) in [5.41, 5.74) is -0.378. The van der Waals surface area contributed by atoms with E-state index >= 15 is 0 Å². The van der Waals surface area contributed by atoms with E-state index in [1.165, 1.54) is 25.7 Å². The molecule has 1 rings (SSSR count). The molecule has 82 valence electrons. The van der Waals surface area contributed by atoms with Gasteiger partial charge in [0.05, 0.1) is 0 Å². The Kier molecular flexibility index (Phi) is 5.30. The van der Waals surface area contributed by atoms with E-state index < -0.39 is 0 Å². The standard InChI is InChI=1S/C14H20O/c1-3-13-15-14(4-2)11-9-7-5-6-8-10-12-14/h1-2H,5-13H2. The fraction of sp³-hybridized carbons (Fsp3) is 0.714. The van der Waals surface area contributed by atoms with Crippen molar-refractivity contribution < 1.29 is 4.74 Å². The zero-order valence-corrected chi connectivity index (χ0v) is 9.43. The fourth-order valence-corrected chi connectivity index (χ4v) is 2.16. The topological polar surface area (TPSA) is 9.23 Å². The van der Waals surface area contributed by atoms with Crippen LogP contribution in [0.4, 0.5) is 0 Å². The van der Waals surface area contributed by atoms with E-state index in [1.54, 1.807) is 0 Å². The van der Waals surface area contributed by atoms with Gasteiger partial charge in [0.25, 0.3) is 0 Å². The smallest absolute Gasteiger partial charge is 0.129 e. The summed E-state index contributed by atoms with van der Waals surface area (Å²) < 4.78 is 5.69. The first kappa shape index (κ1) is 12.2. The lowest BCUT2D eigenvalue weighted by Gasteiger charge is -2.27. The summed E-state index contributed by atoms with van der Waals surface area (Å²) in [6.45, 7) is 0.337. The molecule has 1 aliphatic carbocycles. The van der Waals surface area contributed by atoms with Crippen LogP contribution in [-0.2, 0) is 4.74 Å². The van der Waals surface area contributed by atoms with Crippen LogP contribution in [0.3, 0.4) is 0 Å². The van der Waals surface area contributed by atoms with Gasteiger partial charge in [0.2, 0.25) is 0 Å². The highest BCUT2D eigenvalue weighted by atomic mass is 16.5. The van der Waals surface area contributed by atoms with Crippen LogP contribution < -0.4 is 0 Å². The molecule has 0 aliphatic heterocycles. The summed E-state index contributed by atoms with van der Waals surface area (Å²) >= 11 is 0. The minimum absolute atomic E-state index is 0.337. The van der Waals surface area contributed by atoms with Crippen molar-refractivity contribution in [3.05, 3.63) is 0 Å². The van der Waals surface area contributed by atoms with Gasteiger partial charge in [-0.05, 0) is 25.7 Å². The van der Waals surface area contributed by atoms with Gasteiger partial charge in [-0.1, -0.05) is 37.5 Å². The van der Waals surface area contributed by atoms with Gasteiger partial charge in [-0.15, -0.1) is 12.8 Å². The van der Waals surface area contributed by atoms with E-state index in [9.17, 15) is 0 Å². The molecule has 15 heavy (non-hydrogen) atoms. The van der Waals surface area contributed by atoms with E-state index in [0.717, 1.165) is 25.7 Å². The first-order chi connectivity index (χ1) is 7.33. The Morgan fingerprint density at radius 1 is 0.933 bits per heavy atom. The number of terminal acetylenes is 2. The van der Waals surface area contributed by atoms with E-state index in [1.807, 2.05) is 0 Å². The summed E-state index contributed by atoms with van der Waals surface area (Å²) in [7, 11) is 0. The largest absolute Gasteiger partial charge is 0.350 e. The number of rotatable bonds is 2. The molecule has 0 N–H and O–H groups in total. The monoisotopic (exact) mass is 204 g/mol. The SMILES string of the molecule is C#CCOC1(C#C)CCCCCCCC1. The second-order valence-electron chi connectivity index (χ2n) is 4.25. The van der Waals surface area contributed by atoms with Crippen molar-refractivity contribution in [2.45, 2.75) is 57.0 Å². The second kappa shape index (κ2) is 6.54. The molecule has 0 aromatic rings. The van der Waals surface area contributed by atoms with Crippen LogP contribution in [0.2, 0.25) is 0 Å². The van der Waals surface area contributed by atoms with Crippen LogP contribution >= 0.6 is 0 Å². The van der Waals surface area contributed by atoms with E-state index in [2.05, 4.69) is 11.8 Å². The molecular weight excluding hydrogens is 184 g/mol. The average molecular weight is 204 g/mol. The van der Waals surface area contributed by atoms with Crippen LogP contribution in [0.1, 0.15) is 51.4 Å². The van der Waals surface area contributed by atoms with Gasteiger partial charge in [-0.2, -0.15) is 0 Å². The molecule has 0 atom stereocenters. The van der Waals surface area contributed by atoms with Crippen LogP contribution in [0.25, 0.3) is 0 Å². The highest BCUT2D eigenvalue weighted by Gasteiger charge is 2.27. The number of hydrogen-bond acceptors (Lipinski definition) is 1. The maximum absolute atomic E-state index is 5.69. The third kappa shape index (κ3) is 3.98. The summed E-state index contributed by atoms with van der Waals surface area (Å²) in [6, 6.07) is 0. The van der Waals surface area contributed by atoms with Gasteiger partial charge in [0, 0.05) is 0 Å². The van der Waals surface area contributed by atoms with E-state index in [0.29, 0.717) is 6.61 Å². The summed E-state index contributed by atoms with van der Waals surface area (Å²) in [6.07, 6.45) is 20.3. The third-order valence-corrected chi connectivity index (χ3v) is 3.11. The predicted octanol–water partition coefficient (Wildman–Crippen LogP) is 3.14. The molecule has 0 saturated heterocycles. The lowest BCUT2D eigenvalue weighted by molar-refractivity contribution is 0.00403. The minimum Gasteiger partial charge on any atom is -0.350 e. The van der Waals surface area contributed by atoms with E-state index in [-0.39, 0.29) is 5.60 Å². The van der Waals surface area contributed by atoms with Crippen molar-refractivity contribution in [2.75, 3.05) is 6.61 Å². The van der Waals surface area contributed by atoms with E-state index in [4.69, 9.17) is 17.6 Å². The van der Waals surface area contributed by atoms with Gasteiger partial charge < -0.3 is 4.74 Å². The lowest BCUT2D eigenvalue weighted by atomic mass is 9.92. The molecule has 1 nitrogen and oxygen atoms in total. The molecule has 0 spiro atoms. The first-order valence-electron chi connectivity index (χ1n) is 5.88. The van der Waals surface area contributed by atoms with Crippen molar-refractivity contribution in [1.82, 2.24) is 0 Å². The summed E-state index contributed by atoms with van der Waals surface area (Å²) in [4.78, 5) is 0. The Bertz CT molecular complexity index is 243. The molecule has 1 fully saturated rings. The summed E-state index contributed by atoms with van der Waals surface area (Å²) in [5.74, 6) is 5.34. The first-order valence-corrected chi connectivity index (χ1v) is 5.88. The molecular formula is C14H20O. The quantitative estimate of drug-likeness (QED) is 0.628. The van der Waals surface area contributed by atoms with Crippen LogP contribution in [-0.4, -0.2) is 12.2 Å². The molecule has 0 bridgehead atoms. The molecule has 0 unspecified atom stereocenters. The molecule has 1 aliphatic rings. The van der Waals surface area contributed by atoms with Crippen LogP contribution in [0.5, 0.6) is 0 Å².